The molecule has 1 amide bonds. The van der Waals surface area contributed by atoms with Crippen LogP contribution in [0.25, 0.3) is 17.0 Å². The van der Waals surface area contributed by atoms with Gasteiger partial charge in [0.05, 0.1) is 23.5 Å². The number of fused-ring (bicyclic) bond motifs is 1. The van der Waals surface area contributed by atoms with E-state index >= 15 is 0 Å². The molecule has 178 valence electrons. The van der Waals surface area contributed by atoms with Crippen molar-refractivity contribution in [1.82, 2.24) is 29.7 Å². The van der Waals surface area contributed by atoms with E-state index in [-0.39, 0.29) is 11.2 Å². The first-order chi connectivity index (χ1) is 15.9. The van der Waals surface area contributed by atoms with Gasteiger partial charge in [-0.15, -0.1) is 13.2 Å². The van der Waals surface area contributed by atoms with Gasteiger partial charge in [-0.2, -0.15) is 10.2 Å². The molecule has 0 aliphatic carbocycles. The number of alkyl halides is 3. The first kappa shape index (κ1) is 23.2. The van der Waals surface area contributed by atoms with Crippen molar-refractivity contribution in [2.24, 2.45) is 7.05 Å². The number of hydrogen-bond acceptors (Lipinski definition) is 6. The average Bonchev–Trinajstić information content (AvgIpc) is 3.36. The van der Waals surface area contributed by atoms with Gasteiger partial charge >= 0.3 is 6.36 Å². The smallest absolute Gasteiger partial charge is 0.406 e. The third-order valence-electron chi connectivity index (χ3n) is 5.02. The number of nitrogens with one attached hydrogen (secondary N) is 1. The lowest BCUT2D eigenvalue weighted by molar-refractivity contribution is -0.274. The fourth-order valence-corrected chi connectivity index (χ4v) is 3.46. The average molecular weight is 474 g/mol. The van der Waals surface area contributed by atoms with Gasteiger partial charge in [-0.25, -0.2) is 9.50 Å². The third kappa shape index (κ3) is 5.01. The summed E-state index contributed by atoms with van der Waals surface area (Å²) in [6, 6.07) is 7.47. The Bertz CT molecular complexity index is 1320. The number of amides is 1. The minimum Gasteiger partial charge on any atom is -0.406 e. The highest BCUT2D eigenvalue weighted by Crippen LogP contribution is 2.29. The first-order valence-electron chi connectivity index (χ1n) is 10.1. The van der Waals surface area contributed by atoms with Crippen LogP contribution in [0.5, 0.6) is 5.75 Å². The van der Waals surface area contributed by atoms with Crippen molar-refractivity contribution in [2.75, 3.05) is 0 Å². The van der Waals surface area contributed by atoms with Crippen molar-refractivity contribution < 1.29 is 27.8 Å². The Morgan fingerprint density at radius 3 is 2.35 bits per heavy atom. The van der Waals surface area contributed by atoms with Crippen molar-refractivity contribution >= 4 is 11.6 Å². The zero-order valence-electron chi connectivity index (χ0n) is 18.4. The summed E-state index contributed by atoms with van der Waals surface area (Å²) in [5.41, 5.74) is 0.537. The number of aryl methyl sites for hydroxylation is 1. The fourth-order valence-electron chi connectivity index (χ4n) is 3.46. The molecule has 0 radical (unpaired) electrons. The van der Waals surface area contributed by atoms with Crippen molar-refractivity contribution in [3.8, 4) is 17.1 Å². The number of halogens is 3. The Hall–Kier alpha value is -3.93. The number of aliphatic hydroxyl groups is 1. The zero-order chi connectivity index (χ0) is 24.7. The molecule has 0 spiro atoms. The molecule has 2 N–H and O–H groups in total. The molecule has 3 aromatic heterocycles. The van der Waals surface area contributed by atoms with E-state index in [2.05, 4.69) is 25.2 Å². The van der Waals surface area contributed by atoms with Gasteiger partial charge in [0.25, 0.3) is 5.91 Å². The second-order valence-electron chi connectivity index (χ2n) is 8.19. The van der Waals surface area contributed by atoms with Crippen LogP contribution in [0.15, 0.2) is 55.0 Å². The normalized spacial score (nSPS) is 13.1. The van der Waals surface area contributed by atoms with E-state index in [1.807, 2.05) is 0 Å². The van der Waals surface area contributed by atoms with Crippen molar-refractivity contribution in [3.63, 3.8) is 0 Å². The number of benzene rings is 1. The van der Waals surface area contributed by atoms with Crippen LogP contribution in [0.3, 0.4) is 0 Å². The van der Waals surface area contributed by atoms with E-state index in [4.69, 9.17) is 0 Å². The van der Waals surface area contributed by atoms with E-state index in [0.717, 1.165) is 12.1 Å². The van der Waals surface area contributed by atoms with Crippen molar-refractivity contribution in [2.45, 2.75) is 31.9 Å². The molecule has 0 saturated carbocycles. The Labute approximate surface area is 191 Å². The Morgan fingerprint density at radius 1 is 1.09 bits per heavy atom. The molecule has 9 nitrogen and oxygen atoms in total. The van der Waals surface area contributed by atoms with Gasteiger partial charge in [0, 0.05) is 19.4 Å². The van der Waals surface area contributed by atoms with Gasteiger partial charge in [-0.1, -0.05) is 12.1 Å². The summed E-state index contributed by atoms with van der Waals surface area (Å²) in [5, 5.41) is 21.9. The van der Waals surface area contributed by atoms with Gasteiger partial charge in [-0.3, -0.25) is 9.48 Å². The lowest BCUT2D eigenvalue weighted by atomic mass is 9.91. The Balaban J connectivity index is 1.62. The van der Waals surface area contributed by atoms with Crippen LogP contribution >= 0.6 is 0 Å². The SMILES string of the molecule is Cn1ccc(-c2ccn3ncc(C(=O)N[C@@H](c4ccc(OC(F)(F)F)cc4)C(C)(C)O)c3n2)n1. The van der Waals surface area contributed by atoms with E-state index in [1.54, 1.807) is 36.3 Å². The van der Waals surface area contributed by atoms with Crippen LogP contribution in [0.4, 0.5) is 13.2 Å². The maximum atomic E-state index is 13.1. The maximum Gasteiger partial charge on any atom is 0.573 e. The number of carbonyl (C=O) groups is 1. The Kier molecular flexibility index (Phi) is 5.77. The monoisotopic (exact) mass is 474 g/mol. The van der Waals surface area contributed by atoms with E-state index in [0.29, 0.717) is 17.0 Å². The molecule has 1 aromatic carbocycles. The standard InChI is InChI=1S/C22H21F3N6O3/c1-21(2,33)18(13-4-6-14(7-5-13)34-22(23,24)25)28-20(32)15-12-26-31-11-9-16(27-19(15)31)17-8-10-30(3)29-17/h4-12,18,33H,1-3H3,(H,28,32)/t18-/m0/s1. The van der Waals surface area contributed by atoms with Crippen LogP contribution in [0.2, 0.25) is 0 Å². The Morgan fingerprint density at radius 2 is 1.76 bits per heavy atom. The number of carbonyl (C=O) groups excluding carboxylic acids is 1. The number of nitrogens with zero attached hydrogens (tertiary/aromatic N) is 5. The van der Waals surface area contributed by atoms with Crippen LogP contribution in [-0.4, -0.2) is 47.4 Å². The second-order valence-corrected chi connectivity index (χ2v) is 8.19. The van der Waals surface area contributed by atoms with Crippen LogP contribution in [0.1, 0.15) is 35.8 Å². The van der Waals surface area contributed by atoms with Crippen molar-refractivity contribution in [3.05, 3.63) is 66.1 Å². The maximum absolute atomic E-state index is 13.1. The van der Waals surface area contributed by atoms with E-state index in [9.17, 15) is 23.1 Å². The molecular weight excluding hydrogens is 453 g/mol. The molecule has 4 aromatic rings. The molecule has 0 bridgehead atoms. The van der Waals surface area contributed by atoms with Gasteiger partial charge < -0.3 is 15.2 Å². The summed E-state index contributed by atoms with van der Waals surface area (Å²) in [7, 11) is 1.78. The molecule has 0 unspecified atom stereocenters. The summed E-state index contributed by atoms with van der Waals surface area (Å²) in [4.78, 5) is 17.7. The van der Waals surface area contributed by atoms with Crippen molar-refractivity contribution in [1.29, 1.82) is 0 Å². The first-order valence-corrected chi connectivity index (χ1v) is 10.1. The second kappa shape index (κ2) is 8.45. The highest BCUT2D eigenvalue weighted by molar-refractivity contribution is 6.00. The molecular formula is C22H21F3N6O3. The highest BCUT2D eigenvalue weighted by Gasteiger charge is 2.33. The lowest BCUT2D eigenvalue weighted by Crippen LogP contribution is -2.42. The predicted octanol–water partition coefficient (Wildman–Crippen LogP) is 3.27. The number of rotatable bonds is 6. The van der Waals surface area contributed by atoms with Crippen LogP contribution in [-0.2, 0) is 7.05 Å². The molecule has 34 heavy (non-hydrogen) atoms. The quantitative estimate of drug-likeness (QED) is 0.444. The topological polar surface area (TPSA) is 107 Å². The molecule has 4 rings (SSSR count). The minimum absolute atomic E-state index is 0.157. The highest BCUT2D eigenvalue weighted by atomic mass is 19.4. The minimum atomic E-state index is -4.82. The molecule has 3 heterocycles. The fraction of sp³-hybridized carbons (Fsp3) is 0.273. The summed E-state index contributed by atoms with van der Waals surface area (Å²) in [6.07, 6.45) is -0.0578. The largest absolute Gasteiger partial charge is 0.573 e. The van der Waals surface area contributed by atoms with Gasteiger partial charge in [0.15, 0.2) is 5.65 Å². The molecule has 0 aliphatic heterocycles. The summed E-state index contributed by atoms with van der Waals surface area (Å²) < 4.78 is 44.3. The zero-order valence-corrected chi connectivity index (χ0v) is 18.4. The van der Waals surface area contributed by atoms with Gasteiger partial charge in [-0.05, 0) is 43.7 Å². The summed E-state index contributed by atoms with van der Waals surface area (Å²) >= 11 is 0. The number of ether oxygens (including phenoxy) is 1. The van der Waals surface area contributed by atoms with Crippen LogP contribution in [0, 0.1) is 0 Å². The van der Waals surface area contributed by atoms with Crippen LogP contribution < -0.4 is 10.1 Å². The molecule has 0 fully saturated rings. The third-order valence-corrected chi connectivity index (χ3v) is 5.02. The summed E-state index contributed by atoms with van der Waals surface area (Å²) in [6.45, 7) is 2.96. The molecule has 1 atom stereocenters. The van der Waals surface area contributed by atoms with E-state index in [1.165, 1.54) is 36.7 Å². The molecule has 12 heteroatoms. The van der Waals surface area contributed by atoms with Gasteiger partial charge in [0.2, 0.25) is 0 Å². The number of hydrogen-bond donors (Lipinski definition) is 2. The van der Waals surface area contributed by atoms with E-state index < -0.39 is 29.7 Å². The van der Waals surface area contributed by atoms with Gasteiger partial charge in [0.1, 0.15) is 17.0 Å². The predicted molar refractivity (Wildman–Crippen MR) is 115 cm³/mol. The molecule has 0 saturated heterocycles. The summed E-state index contributed by atoms with van der Waals surface area (Å²) in [5.74, 6) is -0.977. The lowest BCUT2D eigenvalue weighted by Gasteiger charge is -2.30. The molecule has 0 aliphatic rings. The number of aromatic nitrogens is 5.